The molecule has 0 aromatic heterocycles. The molecule has 0 unspecified atom stereocenters. The monoisotopic (exact) mass is 291 g/mol. The molecule has 0 radical (unpaired) electrons. The molecule has 1 rings (SSSR count). The highest BCUT2D eigenvalue weighted by atomic mass is 32.2. The standard InChI is InChI=1S/C11H11F2NO4S/c1-2-5-14(7-11(15)16)19(17,18)8-3-4-9(12)10(13)6-8/h2-4,6H,1,5,7H2,(H,15,16). The van der Waals surface area contributed by atoms with Gasteiger partial charge in [0.25, 0.3) is 0 Å². The Balaban J connectivity index is 3.21. The summed E-state index contributed by atoms with van der Waals surface area (Å²) >= 11 is 0. The number of sulfonamides is 1. The van der Waals surface area contributed by atoms with Crippen molar-refractivity contribution in [3.05, 3.63) is 42.5 Å². The molecule has 5 nitrogen and oxygen atoms in total. The molecule has 0 bridgehead atoms. The summed E-state index contributed by atoms with van der Waals surface area (Å²) in [5.74, 6) is -3.88. The number of halogens is 2. The van der Waals surface area contributed by atoms with Crippen LogP contribution in [0.15, 0.2) is 35.7 Å². The highest BCUT2D eigenvalue weighted by Crippen LogP contribution is 2.18. The summed E-state index contributed by atoms with van der Waals surface area (Å²) in [7, 11) is -4.22. The Labute approximate surface area is 108 Å². The van der Waals surface area contributed by atoms with Crippen molar-refractivity contribution in [3.63, 3.8) is 0 Å². The number of benzene rings is 1. The molecule has 1 aromatic carbocycles. The molecule has 0 spiro atoms. The molecule has 0 heterocycles. The third kappa shape index (κ3) is 3.58. The van der Waals surface area contributed by atoms with Crippen molar-refractivity contribution < 1.29 is 27.1 Å². The van der Waals surface area contributed by atoms with E-state index in [2.05, 4.69) is 6.58 Å². The fraction of sp³-hybridized carbons (Fsp3) is 0.182. The molecule has 0 saturated heterocycles. The number of hydrogen-bond donors (Lipinski definition) is 1. The van der Waals surface area contributed by atoms with E-state index in [4.69, 9.17) is 5.11 Å². The smallest absolute Gasteiger partial charge is 0.318 e. The molecule has 0 atom stereocenters. The summed E-state index contributed by atoms with van der Waals surface area (Å²) in [5, 5.41) is 8.64. The van der Waals surface area contributed by atoms with Gasteiger partial charge in [0, 0.05) is 6.54 Å². The Morgan fingerprint density at radius 2 is 2.00 bits per heavy atom. The largest absolute Gasteiger partial charge is 0.480 e. The van der Waals surface area contributed by atoms with E-state index in [0.717, 1.165) is 6.07 Å². The molecular weight excluding hydrogens is 280 g/mol. The second-order valence-electron chi connectivity index (χ2n) is 3.56. The van der Waals surface area contributed by atoms with Crippen LogP contribution < -0.4 is 0 Å². The van der Waals surface area contributed by atoms with Gasteiger partial charge in [-0.25, -0.2) is 17.2 Å². The number of aliphatic carboxylic acids is 1. The van der Waals surface area contributed by atoms with Gasteiger partial charge in [0.2, 0.25) is 10.0 Å². The first-order valence-electron chi connectivity index (χ1n) is 5.07. The van der Waals surface area contributed by atoms with Crippen molar-refractivity contribution in [2.45, 2.75) is 4.90 Å². The lowest BCUT2D eigenvalue weighted by atomic mass is 10.3. The summed E-state index contributed by atoms with van der Waals surface area (Å²) in [5.41, 5.74) is 0. The van der Waals surface area contributed by atoms with E-state index in [1.165, 1.54) is 6.08 Å². The fourth-order valence-electron chi connectivity index (χ4n) is 1.33. The van der Waals surface area contributed by atoms with E-state index in [-0.39, 0.29) is 6.54 Å². The molecular formula is C11H11F2NO4S. The van der Waals surface area contributed by atoms with Gasteiger partial charge in [0.05, 0.1) is 4.90 Å². The van der Waals surface area contributed by atoms with Gasteiger partial charge in [-0.2, -0.15) is 4.31 Å². The lowest BCUT2D eigenvalue weighted by Crippen LogP contribution is -2.35. The summed E-state index contributed by atoms with van der Waals surface area (Å²) < 4.78 is 50.5. The Hall–Kier alpha value is -1.80. The van der Waals surface area contributed by atoms with Crippen LogP contribution in [0.5, 0.6) is 0 Å². The molecule has 19 heavy (non-hydrogen) atoms. The van der Waals surface area contributed by atoms with Crippen molar-refractivity contribution in [2.75, 3.05) is 13.1 Å². The predicted molar refractivity (Wildman–Crippen MR) is 62.9 cm³/mol. The van der Waals surface area contributed by atoms with Crippen LogP contribution in [-0.2, 0) is 14.8 Å². The van der Waals surface area contributed by atoms with Crippen LogP contribution in [0.1, 0.15) is 0 Å². The number of rotatable bonds is 6. The molecule has 8 heteroatoms. The summed E-state index contributed by atoms with van der Waals surface area (Å²) in [6.07, 6.45) is 1.19. The normalized spacial score (nSPS) is 11.5. The average Bonchev–Trinajstić information content (AvgIpc) is 2.31. The topological polar surface area (TPSA) is 74.7 Å². The van der Waals surface area contributed by atoms with E-state index in [1.54, 1.807) is 0 Å². The number of carboxylic acids is 1. The van der Waals surface area contributed by atoms with Crippen molar-refractivity contribution in [2.24, 2.45) is 0 Å². The molecule has 0 aliphatic carbocycles. The highest BCUT2D eigenvalue weighted by Gasteiger charge is 2.26. The van der Waals surface area contributed by atoms with E-state index in [9.17, 15) is 22.0 Å². The van der Waals surface area contributed by atoms with Gasteiger partial charge >= 0.3 is 5.97 Å². The van der Waals surface area contributed by atoms with Crippen LogP contribution in [0.4, 0.5) is 8.78 Å². The van der Waals surface area contributed by atoms with Gasteiger partial charge < -0.3 is 5.11 Å². The van der Waals surface area contributed by atoms with Gasteiger partial charge in [-0.1, -0.05) is 6.08 Å². The first kappa shape index (κ1) is 15.3. The van der Waals surface area contributed by atoms with Gasteiger partial charge in [0.15, 0.2) is 11.6 Å². The van der Waals surface area contributed by atoms with Crippen molar-refractivity contribution >= 4 is 16.0 Å². The second kappa shape index (κ2) is 5.89. The molecule has 1 aromatic rings. The van der Waals surface area contributed by atoms with Gasteiger partial charge in [0.1, 0.15) is 6.54 Å². The minimum absolute atomic E-state index is 0.256. The zero-order chi connectivity index (χ0) is 14.6. The molecule has 0 aliphatic heterocycles. The lowest BCUT2D eigenvalue weighted by Gasteiger charge is -2.18. The third-order valence-electron chi connectivity index (χ3n) is 2.17. The van der Waals surface area contributed by atoms with Crippen LogP contribution in [0, 0.1) is 11.6 Å². The zero-order valence-electron chi connectivity index (χ0n) is 9.71. The van der Waals surface area contributed by atoms with Crippen molar-refractivity contribution in [1.29, 1.82) is 0 Å². The SMILES string of the molecule is C=CCN(CC(=O)O)S(=O)(=O)c1ccc(F)c(F)c1. The third-order valence-corrected chi connectivity index (χ3v) is 3.98. The average molecular weight is 291 g/mol. The molecule has 0 saturated carbocycles. The second-order valence-corrected chi connectivity index (χ2v) is 5.49. The Kier molecular flexibility index (Phi) is 4.73. The Morgan fingerprint density at radius 3 is 2.47 bits per heavy atom. The predicted octanol–water partition coefficient (Wildman–Crippen LogP) is 1.23. The van der Waals surface area contributed by atoms with Gasteiger partial charge in [-0.05, 0) is 18.2 Å². The number of carboxylic acid groups (broad SMARTS) is 1. The molecule has 0 fully saturated rings. The highest BCUT2D eigenvalue weighted by molar-refractivity contribution is 7.89. The maximum absolute atomic E-state index is 13.0. The minimum atomic E-state index is -4.22. The van der Waals surface area contributed by atoms with E-state index >= 15 is 0 Å². The van der Waals surface area contributed by atoms with Crippen molar-refractivity contribution in [1.82, 2.24) is 4.31 Å². The number of nitrogens with zero attached hydrogens (tertiary/aromatic N) is 1. The summed E-state index contributed by atoms with van der Waals surface area (Å²) in [6.45, 7) is 2.26. The quantitative estimate of drug-likeness (QED) is 0.800. The maximum atomic E-state index is 13.0. The first-order chi connectivity index (χ1) is 8.78. The molecule has 104 valence electrons. The summed E-state index contributed by atoms with van der Waals surface area (Å²) in [6, 6.07) is 2.03. The lowest BCUT2D eigenvalue weighted by molar-refractivity contribution is -0.137. The number of hydrogen-bond acceptors (Lipinski definition) is 3. The minimum Gasteiger partial charge on any atom is -0.480 e. The van der Waals surface area contributed by atoms with Crippen LogP contribution in [0.25, 0.3) is 0 Å². The van der Waals surface area contributed by atoms with Gasteiger partial charge in [-0.3, -0.25) is 4.79 Å². The Bertz CT molecular complexity index is 601. The van der Waals surface area contributed by atoms with Crippen LogP contribution in [0.2, 0.25) is 0 Å². The fourth-order valence-corrected chi connectivity index (χ4v) is 2.70. The van der Waals surface area contributed by atoms with Crippen LogP contribution in [0.3, 0.4) is 0 Å². The van der Waals surface area contributed by atoms with Crippen LogP contribution in [-0.4, -0.2) is 36.9 Å². The molecule has 0 amide bonds. The van der Waals surface area contributed by atoms with E-state index in [1.807, 2.05) is 0 Å². The maximum Gasteiger partial charge on any atom is 0.318 e. The van der Waals surface area contributed by atoms with Gasteiger partial charge in [-0.15, -0.1) is 6.58 Å². The molecule has 1 N–H and O–H groups in total. The Morgan fingerprint density at radius 1 is 1.37 bits per heavy atom. The number of carbonyl (C=O) groups is 1. The summed E-state index contributed by atoms with van der Waals surface area (Å²) in [4.78, 5) is 10.1. The van der Waals surface area contributed by atoms with Crippen LogP contribution >= 0.6 is 0 Å². The van der Waals surface area contributed by atoms with E-state index < -0.39 is 39.1 Å². The van der Waals surface area contributed by atoms with Crippen molar-refractivity contribution in [3.8, 4) is 0 Å². The first-order valence-corrected chi connectivity index (χ1v) is 6.51. The van der Waals surface area contributed by atoms with E-state index in [0.29, 0.717) is 16.4 Å². The zero-order valence-corrected chi connectivity index (χ0v) is 10.5. The molecule has 0 aliphatic rings.